The molecular formula is C18H28N2O. The number of rotatable bonds is 6. The Hall–Kier alpha value is -1.35. The number of hydrogen-bond donors (Lipinski definition) is 1. The monoisotopic (exact) mass is 288 g/mol. The molecule has 21 heavy (non-hydrogen) atoms. The molecular weight excluding hydrogens is 260 g/mol. The molecule has 1 saturated carbocycles. The molecule has 2 rings (SSSR count). The SMILES string of the molecule is CCCCN(C(=O)C1CCC(N)C1)C(C)c1ccccc1. The number of unbranched alkanes of at least 4 members (excludes halogenated alkanes) is 1. The van der Waals surface area contributed by atoms with Crippen molar-refractivity contribution >= 4 is 5.91 Å². The van der Waals surface area contributed by atoms with Crippen molar-refractivity contribution in [3.8, 4) is 0 Å². The van der Waals surface area contributed by atoms with E-state index in [-0.39, 0.29) is 18.0 Å². The van der Waals surface area contributed by atoms with Gasteiger partial charge in [0.05, 0.1) is 6.04 Å². The molecule has 116 valence electrons. The van der Waals surface area contributed by atoms with E-state index in [1.54, 1.807) is 0 Å². The van der Waals surface area contributed by atoms with E-state index < -0.39 is 0 Å². The molecule has 1 aromatic rings. The van der Waals surface area contributed by atoms with Gasteiger partial charge < -0.3 is 10.6 Å². The van der Waals surface area contributed by atoms with Crippen molar-refractivity contribution in [2.45, 2.75) is 58.0 Å². The summed E-state index contributed by atoms with van der Waals surface area (Å²) in [5, 5.41) is 0. The van der Waals surface area contributed by atoms with Gasteiger partial charge in [-0.2, -0.15) is 0 Å². The predicted octanol–water partition coefficient (Wildman–Crippen LogP) is 3.50. The van der Waals surface area contributed by atoms with E-state index in [0.29, 0.717) is 5.91 Å². The zero-order valence-electron chi connectivity index (χ0n) is 13.3. The second-order valence-corrected chi connectivity index (χ2v) is 6.24. The van der Waals surface area contributed by atoms with Gasteiger partial charge in [0.1, 0.15) is 0 Å². The quantitative estimate of drug-likeness (QED) is 0.870. The number of hydrogen-bond acceptors (Lipinski definition) is 2. The minimum absolute atomic E-state index is 0.128. The number of nitrogens with zero attached hydrogens (tertiary/aromatic N) is 1. The van der Waals surface area contributed by atoms with Gasteiger partial charge in [-0.25, -0.2) is 0 Å². The molecule has 1 aromatic carbocycles. The Bertz CT molecular complexity index is 446. The Morgan fingerprint density at radius 3 is 2.62 bits per heavy atom. The molecule has 1 fully saturated rings. The Balaban J connectivity index is 2.11. The Labute approximate surface area is 128 Å². The summed E-state index contributed by atoms with van der Waals surface area (Å²) < 4.78 is 0. The molecule has 0 spiro atoms. The minimum atomic E-state index is 0.128. The van der Waals surface area contributed by atoms with Gasteiger partial charge in [0.2, 0.25) is 5.91 Å². The van der Waals surface area contributed by atoms with Crippen molar-refractivity contribution in [2.24, 2.45) is 11.7 Å². The van der Waals surface area contributed by atoms with Gasteiger partial charge in [0.25, 0.3) is 0 Å². The van der Waals surface area contributed by atoms with Crippen LogP contribution in [0.3, 0.4) is 0 Å². The molecule has 0 aromatic heterocycles. The van der Waals surface area contributed by atoms with Crippen LogP contribution in [0.5, 0.6) is 0 Å². The highest BCUT2D eigenvalue weighted by atomic mass is 16.2. The van der Waals surface area contributed by atoms with Crippen LogP contribution < -0.4 is 5.73 Å². The summed E-state index contributed by atoms with van der Waals surface area (Å²) in [4.78, 5) is 15.0. The number of benzene rings is 1. The molecule has 3 heteroatoms. The second-order valence-electron chi connectivity index (χ2n) is 6.24. The molecule has 0 saturated heterocycles. The lowest BCUT2D eigenvalue weighted by Gasteiger charge is -2.32. The average Bonchev–Trinajstić information content (AvgIpc) is 2.94. The maximum atomic E-state index is 12.9. The van der Waals surface area contributed by atoms with Crippen LogP contribution in [0, 0.1) is 5.92 Å². The summed E-state index contributed by atoms with van der Waals surface area (Å²) in [5.74, 6) is 0.427. The molecule has 0 aliphatic heterocycles. The zero-order chi connectivity index (χ0) is 15.2. The van der Waals surface area contributed by atoms with Crippen LogP contribution in [0.4, 0.5) is 0 Å². The van der Waals surface area contributed by atoms with E-state index >= 15 is 0 Å². The highest BCUT2D eigenvalue weighted by molar-refractivity contribution is 5.79. The number of carbonyl (C=O) groups excluding carboxylic acids is 1. The van der Waals surface area contributed by atoms with Gasteiger partial charge >= 0.3 is 0 Å². The third-order valence-corrected chi connectivity index (χ3v) is 4.61. The van der Waals surface area contributed by atoms with E-state index in [1.807, 2.05) is 18.2 Å². The van der Waals surface area contributed by atoms with Crippen LogP contribution in [0.15, 0.2) is 30.3 Å². The summed E-state index contributed by atoms with van der Waals surface area (Å²) in [5.41, 5.74) is 7.19. The van der Waals surface area contributed by atoms with Crippen LogP contribution in [0.1, 0.15) is 57.6 Å². The molecule has 0 radical (unpaired) electrons. The van der Waals surface area contributed by atoms with Gasteiger partial charge in [-0.3, -0.25) is 4.79 Å². The summed E-state index contributed by atoms with van der Waals surface area (Å²) in [6.45, 7) is 5.15. The normalized spacial score (nSPS) is 23.0. The molecule has 3 nitrogen and oxygen atoms in total. The van der Waals surface area contributed by atoms with Gasteiger partial charge in [-0.15, -0.1) is 0 Å². The molecule has 0 bridgehead atoms. The predicted molar refractivity (Wildman–Crippen MR) is 86.8 cm³/mol. The van der Waals surface area contributed by atoms with E-state index in [2.05, 4.69) is 30.9 Å². The number of nitrogens with two attached hydrogens (primary N) is 1. The highest BCUT2D eigenvalue weighted by Gasteiger charge is 2.32. The standard InChI is InChI=1S/C18H28N2O/c1-3-4-12-20(14(2)15-8-6-5-7-9-15)18(21)16-10-11-17(19)13-16/h5-9,14,16-17H,3-4,10-13,19H2,1-2H3. The summed E-state index contributed by atoms with van der Waals surface area (Å²) in [6, 6.07) is 10.7. The van der Waals surface area contributed by atoms with Crippen molar-refractivity contribution in [1.29, 1.82) is 0 Å². The average molecular weight is 288 g/mol. The van der Waals surface area contributed by atoms with Crippen molar-refractivity contribution in [2.75, 3.05) is 6.54 Å². The first kappa shape index (κ1) is 16.0. The Morgan fingerprint density at radius 1 is 1.33 bits per heavy atom. The van der Waals surface area contributed by atoms with Gasteiger partial charge in [-0.1, -0.05) is 43.7 Å². The summed E-state index contributed by atoms with van der Waals surface area (Å²) in [6.07, 6.45) is 4.95. The van der Waals surface area contributed by atoms with Crippen LogP contribution in [-0.4, -0.2) is 23.4 Å². The lowest BCUT2D eigenvalue weighted by atomic mass is 10.0. The lowest BCUT2D eigenvalue weighted by Crippen LogP contribution is -2.38. The molecule has 1 aliphatic rings. The first-order chi connectivity index (χ1) is 10.1. The zero-order valence-corrected chi connectivity index (χ0v) is 13.3. The van der Waals surface area contributed by atoms with Crippen molar-refractivity contribution < 1.29 is 4.79 Å². The van der Waals surface area contributed by atoms with E-state index in [4.69, 9.17) is 5.73 Å². The van der Waals surface area contributed by atoms with E-state index in [0.717, 1.165) is 38.6 Å². The Kier molecular flexibility index (Phi) is 5.80. The maximum absolute atomic E-state index is 12.9. The molecule has 1 aliphatic carbocycles. The van der Waals surface area contributed by atoms with Crippen LogP contribution in [0.25, 0.3) is 0 Å². The fourth-order valence-electron chi connectivity index (χ4n) is 3.21. The molecule has 2 N–H and O–H groups in total. The fourth-order valence-corrected chi connectivity index (χ4v) is 3.21. The summed E-state index contributed by atoms with van der Waals surface area (Å²) >= 11 is 0. The summed E-state index contributed by atoms with van der Waals surface area (Å²) in [7, 11) is 0. The van der Waals surface area contributed by atoms with Gasteiger partial charge in [0, 0.05) is 18.5 Å². The van der Waals surface area contributed by atoms with Crippen LogP contribution >= 0.6 is 0 Å². The van der Waals surface area contributed by atoms with Crippen molar-refractivity contribution in [1.82, 2.24) is 4.90 Å². The van der Waals surface area contributed by atoms with Crippen molar-refractivity contribution in [3.05, 3.63) is 35.9 Å². The van der Waals surface area contributed by atoms with E-state index in [9.17, 15) is 4.79 Å². The third kappa shape index (κ3) is 4.07. The fraction of sp³-hybridized carbons (Fsp3) is 0.611. The smallest absolute Gasteiger partial charge is 0.226 e. The molecule has 1 amide bonds. The number of carbonyl (C=O) groups is 1. The topological polar surface area (TPSA) is 46.3 Å². The lowest BCUT2D eigenvalue weighted by molar-refractivity contribution is -0.137. The third-order valence-electron chi connectivity index (χ3n) is 4.61. The Morgan fingerprint density at radius 2 is 2.05 bits per heavy atom. The first-order valence-corrected chi connectivity index (χ1v) is 8.24. The molecule has 0 heterocycles. The second kappa shape index (κ2) is 7.60. The van der Waals surface area contributed by atoms with Crippen molar-refractivity contribution in [3.63, 3.8) is 0 Å². The first-order valence-electron chi connectivity index (χ1n) is 8.24. The largest absolute Gasteiger partial charge is 0.336 e. The highest BCUT2D eigenvalue weighted by Crippen LogP contribution is 2.30. The minimum Gasteiger partial charge on any atom is -0.336 e. The van der Waals surface area contributed by atoms with E-state index in [1.165, 1.54) is 5.56 Å². The van der Waals surface area contributed by atoms with Crippen LogP contribution in [0.2, 0.25) is 0 Å². The molecule has 3 atom stereocenters. The maximum Gasteiger partial charge on any atom is 0.226 e. The van der Waals surface area contributed by atoms with Crippen LogP contribution in [-0.2, 0) is 4.79 Å². The van der Waals surface area contributed by atoms with Gasteiger partial charge in [0.15, 0.2) is 0 Å². The molecule has 3 unspecified atom stereocenters. The number of amides is 1. The van der Waals surface area contributed by atoms with Gasteiger partial charge in [-0.05, 0) is 38.2 Å².